The highest BCUT2D eigenvalue weighted by Crippen LogP contribution is 2.11. The van der Waals surface area contributed by atoms with Crippen LogP contribution in [0.4, 0.5) is 5.69 Å². The summed E-state index contributed by atoms with van der Waals surface area (Å²) in [5.74, 6) is -0.266. The van der Waals surface area contributed by atoms with Gasteiger partial charge in [0.25, 0.3) is 5.91 Å². The summed E-state index contributed by atoms with van der Waals surface area (Å²) >= 11 is 0. The van der Waals surface area contributed by atoms with Gasteiger partial charge in [0, 0.05) is 29.3 Å². The van der Waals surface area contributed by atoms with Gasteiger partial charge in [0.15, 0.2) is 0 Å². The van der Waals surface area contributed by atoms with Crippen LogP contribution in [-0.2, 0) is 4.79 Å². The Morgan fingerprint density at radius 1 is 1.19 bits per heavy atom. The van der Waals surface area contributed by atoms with E-state index in [0.717, 1.165) is 0 Å². The van der Waals surface area contributed by atoms with Crippen LogP contribution in [0.25, 0.3) is 0 Å². The minimum atomic E-state index is -0.277. The van der Waals surface area contributed by atoms with Crippen molar-refractivity contribution in [2.45, 2.75) is 45.7 Å². The molecule has 1 aromatic carbocycles. The summed E-state index contributed by atoms with van der Waals surface area (Å²) in [5.41, 5.74) is 6.50. The molecule has 0 fully saturated rings. The maximum absolute atomic E-state index is 11.9. The second-order valence-corrected chi connectivity index (χ2v) is 6.01. The molecule has 0 radical (unpaired) electrons. The minimum Gasteiger partial charge on any atom is -0.347 e. The van der Waals surface area contributed by atoms with Crippen LogP contribution < -0.4 is 16.4 Å². The lowest BCUT2D eigenvalue weighted by atomic mass is 10.1. The van der Waals surface area contributed by atoms with E-state index in [1.807, 2.05) is 20.8 Å². The molecule has 0 spiro atoms. The van der Waals surface area contributed by atoms with Gasteiger partial charge in [-0.2, -0.15) is 0 Å². The van der Waals surface area contributed by atoms with Gasteiger partial charge in [0.05, 0.1) is 0 Å². The first kappa shape index (κ1) is 19.4. The third-order valence-electron chi connectivity index (χ3n) is 2.43. The number of carbonyl (C=O) groups is 2. The van der Waals surface area contributed by atoms with Gasteiger partial charge in [-0.3, -0.25) is 9.59 Å². The SMILES string of the molecule is CC(N)CC(=O)Nc1ccc(C(=O)NC(C)(C)C)cc1.Cl. The number of hydrogen-bond donors (Lipinski definition) is 3. The largest absolute Gasteiger partial charge is 0.347 e. The zero-order chi connectivity index (χ0) is 15.3. The average molecular weight is 314 g/mol. The second-order valence-electron chi connectivity index (χ2n) is 6.01. The second kappa shape index (κ2) is 8.00. The average Bonchev–Trinajstić information content (AvgIpc) is 2.26. The molecule has 6 heteroatoms. The first-order chi connectivity index (χ1) is 9.17. The van der Waals surface area contributed by atoms with Crippen LogP contribution in [0.15, 0.2) is 24.3 Å². The Morgan fingerprint density at radius 3 is 2.14 bits per heavy atom. The molecule has 0 aliphatic heterocycles. The highest BCUT2D eigenvalue weighted by molar-refractivity contribution is 5.96. The molecule has 4 N–H and O–H groups in total. The number of hydrogen-bond acceptors (Lipinski definition) is 3. The first-order valence-corrected chi connectivity index (χ1v) is 6.65. The molecule has 21 heavy (non-hydrogen) atoms. The highest BCUT2D eigenvalue weighted by Gasteiger charge is 2.15. The van der Waals surface area contributed by atoms with Gasteiger partial charge in [-0.15, -0.1) is 12.4 Å². The van der Waals surface area contributed by atoms with E-state index in [4.69, 9.17) is 5.73 Å². The fourth-order valence-corrected chi connectivity index (χ4v) is 1.62. The third kappa shape index (κ3) is 7.68. The van der Waals surface area contributed by atoms with E-state index in [-0.39, 0.29) is 42.2 Å². The Hall–Kier alpha value is -1.59. The molecule has 0 aromatic heterocycles. The predicted molar refractivity (Wildman–Crippen MR) is 87.8 cm³/mol. The molecule has 0 aliphatic carbocycles. The predicted octanol–water partition coefficient (Wildman–Crippen LogP) is 2.31. The van der Waals surface area contributed by atoms with Crippen molar-refractivity contribution in [3.63, 3.8) is 0 Å². The lowest BCUT2D eigenvalue weighted by Crippen LogP contribution is -2.40. The fourth-order valence-electron chi connectivity index (χ4n) is 1.62. The maximum atomic E-state index is 11.9. The Balaban J connectivity index is 0.00000400. The molecule has 5 nitrogen and oxygen atoms in total. The van der Waals surface area contributed by atoms with Gasteiger partial charge >= 0.3 is 0 Å². The van der Waals surface area contributed by atoms with E-state index in [1.54, 1.807) is 31.2 Å². The minimum absolute atomic E-state index is 0. The summed E-state index contributed by atoms with van der Waals surface area (Å²) in [4.78, 5) is 23.5. The molecule has 0 saturated heterocycles. The Labute approximate surface area is 132 Å². The number of nitrogens with two attached hydrogens (primary N) is 1. The van der Waals surface area contributed by atoms with Gasteiger partial charge in [0.1, 0.15) is 0 Å². The monoisotopic (exact) mass is 313 g/mol. The van der Waals surface area contributed by atoms with Crippen molar-refractivity contribution in [2.75, 3.05) is 5.32 Å². The molecule has 1 rings (SSSR count). The van der Waals surface area contributed by atoms with Crippen LogP contribution in [0, 0.1) is 0 Å². The lowest BCUT2D eigenvalue weighted by molar-refractivity contribution is -0.116. The van der Waals surface area contributed by atoms with E-state index >= 15 is 0 Å². The van der Waals surface area contributed by atoms with Crippen LogP contribution in [0.2, 0.25) is 0 Å². The molecule has 0 bridgehead atoms. The summed E-state index contributed by atoms with van der Waals surface area (Å²) in [6.45, 7) is 7.55. The van der Waals surface area contributed by atoms with Crippen molar-refractivity contribution >= 4 is 29.9 Å². The van der Waals surface area contributed by atoms with Gasteiger partial charge in [0.2, 0.25) is 5.91 Å². The summed E-state index contributed by atoms with van der Waals surface area (Å²) < 4.78 is 0. The van der Waals surface area contributed by atoms with E-state index in [1.165, 1.54) is 0 Å². The molecule has 0 saturated carbocycles. The molecule has 1 unspecified atom stereocenters. The Morgan fingerprint density at radius 2 is 1.71 bits per heavy atom. The molecular weight excluding hydrogens is 290 g/mol. The lowest BCUT2D eigenvalue weighted by Gasteiger charge is -2.20. The molecule has 1 aromatic rings. The molecule has 2 amide bonds. The quantitative estimate of drug-likeness (QED) is 0.797. The zero-order valence-corrected chi connectivity index (χ0v) is 13.7. The third-order valence-corrected chi connectivity index (χ3v) is 2.43. The van der Waals surface area contributed by atoms with Crippen molar-refractivity contribution in [1.29, 1.82) is 0 Å². The number of anilines is 1. The molecule has 0 aliphatic rings. The fraction of sp³-hybridized carbons (Fsp3) is 0.467. The normalized spacial score (nSPS) is 12.0. The van der Waals surface area contributed by atoms with Crippen LogP contribution in [0.3, 0.4) is 0 Å². The number of halogens is 1. The van der Waals surface area contributed by atoms with Gasteiger partial charge in [-0.25, -0.2) is 0 Å². The first-order valence-electron chi connectivity index (χ1n) is 6.65. The van der Waals surface area contributed by atoms with E-state index in [0.29, 0.717) is 11.3 Å². The maximum Gasteiger partial charge on any atom is 0.251 e. The summed E-state index contributed by atoms with van der Waals surface area (Å²) in [6.07, 6.45) is 0.270. The van der Waals surface area contributed by atoms with E-state index in [2.05, 4.69) is 10.6 Å². The number of benzene rings is 1. The number of amides is 2. The van der Waals surface area contributed by atoms with Gasteiger partial charge in [-0.05, 0) is 52.0 Å². The van der Waals surface area contributed by atoms with Crippen molar-refractivity contribution in [3.8, 4) is 0 Å². The molecule has 118 valence electrons. The summed E-state index contributed by atoms with van der Waals surface area (Å²) in [5, 5.41) is 5.62. The van der Waals surface area contributed by atoms with Crippen LogP contribution in [0.1, 0.15) is 44.5 Å². The topological polar surface area (TPSA) is 84.2 Å². The Bertz CT molecular complexity index is 479. The van der Waals surface area contributed by atoms with E-state index in [9.17, 15) is 9.59 Å². The number of carbonyl (C=O) groups excluding carboxylic acids is 2. The van der Waals surface area contributed by atoms with Crippen molar-refractivity contribution < 1.29 is 9.59 Å². The smallest absolute Gasteiger partial charge is 0.251 e. The van der Waals surface area contributed by atoms with Crippen molar-refractivity contribution in [3.05, 3.63) is 29.8 Å². The number of rotatable bonds is 4. The van der Waals surface area contributed by atoms with Crippen LogP contribution >= 0.6 is 12.4 Å². The standard InChI is InChI=1S/C15H23N3O2.ClH/c1-10(16)9-13(19)17-12-7-5-11(6-8-12)14(20)18-15(2,3)4;/h5-8,10H,9,16H2,1-4H3,(H,17,19)(H,18,20);1H. The molecular formula is C15H24ClN3O2. The summed E-state index contributed by atoms with van der Waals surface area (Å²) in [6, 6.07) is 6.60. The highest BCUT2D eigenvalue weighted by atomic mass is 35.5. The zero-order valence-electron chi connectivity index (χ0n) is 12.9. The van der Waals surface area contributed by atoms with Crippen molar-refractivity contribution in [1.82, 2.24) is 5.32 Å². The van der Waals surface area contributed by atoms with Crippen LogP contribution in [0.5, 0.6) is 0 Å². The number of nitrogens with one attached hydrogen (secondary N) is 2. The summed E-state index contributed by atoms with van der Waals surface area (Å²) in [7, 11) is 0. The van der Waals surface area contributed by atoms with Crippen LogP contribution in [-0.4, -0.2) is 23.4 Å². The van der Waals surface area contributed by atoms with Gasteiger partial charge < -0.3 is 16.4 Å². The van der Waals surface area contributed by atoms with Gasteiger partial charge in [-0.1, -0.05) is 0 Å². The molecule has 1 atom stereocenters. The van der Waals surface area contributed by atoms with E-state index < -0.39 is 0 Å². The molecule has 0 heterocycles. The van der Waals surface area contributed by atoms with Crippen molar-refractivity contribution in [2.24, 2.45) is 5.73 Å². The Kier molecular flexibility index (Phi) is 7.39.